The molecule has 2 heterocycles. The van der Waals surface area contributed by atoms with E-state index in [0.29, 0.717) is 24.2 Å². The Hall–Kier alpha value is -3.55. The van der Waals surface area contributed by atoms with Crippen LogP contribution in [0.4, 0.5) is 4.39 Å². The van der Waals surface area contributed by atoms with Gasteiger partial charge in [-0.25, -0.2) is 9.18 Å². The molecule has 2 saturated heterocycles. The van der Waals surface area contributed by atoms with Gasteiger partial charge in [0.1, 0.15) is 5.82 Å². The van der Waals surface area contributed by atoms with Crippen LogP contribution in [0.5, 0.6) is 0 Å². The number of fused-ring (bicyclic) bond motifs is 1. The first kappa shape index (κ1) is 23.2. The van der Waals surface area contributed by atoms with Gasteiger partial charge < -0.3 is 14.7 Å². The van der Waals surface area contributed by atoms with Crippen molar-refractivity contribution in [2.75, 3.05) is 26.8 Å². The number of benzene rings is 3. The number of hydrogen-bond acceptors (Lipinski definition) is 5. The minimum Gasteiger partial charge on any atom is -0.465 e. The van der Waals surface area contributed by atoms with Gasteiger partial charge in [-0.1, -0.05) is 54.6 Å². The molecule has 3 aromatic rings. The molecule has 0 aromatic heterocycles. The van der Waals surface area contributed by atoms with E-state index in [9.17, 15) is 19.1 Å². The molecule has 2 fully saturated rings. The summed E-state index contributed by atoms with van der Waals surface area (Å²) in [5.74, 6) is -0.640. The van der Waals surface area contributed by atoms with Crippen molar-refractivity contribution < 1.29 is 23.8 Å². The summed E-state index contributed by atoms with van der Waals surface area (Å²) in [6.07, 6.45) is 0. The molecule has 5 rings (SSSR count). The van der Waals surface area contributed by atoms with E-state index in [4.69, 9.17) is 4.74 Å². The van der Waals surface area contributed by atoms with Gasteiger partial charge in [0, 0.05) is 24.6 Å². The average molecular weight is 475 g/mol. The summed E-state index contributed by atoms with van der Waals surface area (Å²) in [4.78, 5) is 28.5. The fourth-order valence-corrected chi connectivity index (χ4v) is 5.39. The fourth-order valence-electron chi connectivity index (χ4n) is 5.39. The van der Waals surface area contributed by atoms with Crippen LogP contribution in [0.2, 0.25) is 0 Å². The van der Waals surface area contributed by atoms with Crippen LogP contribution in [0, 0.1) is 5.82 Å². The summed E-state index contributed by atoms with van der Waals surface area (Å²) >= 11 is 0. The average Bonchev–Trinajstić information content (AvgIpc) is 2.86. The zero-order valence-electron chi connectivity index (χ0n) is 19.4. The molecule has 6 nitrogen and oxygen atoms in total. The molecular weight excluding hydrogens is 447 g/mol. The van der Waals surface area contributed by atoms with E-state index >= 15 is 0 Å². The van der Waals surface area contributed by atoms with E-state index < -0.39 is 0 Å². The Morgan fingerprint density at radius 2 is 1.77 bits per heavy atom. The van der Waals surface area contributed by atoms with Crippen LogP contribution in [-0.2, 0) is 16.1 Å². The minimum atomic E-state index is -0.381. The van der Waals surface area contributed by atoms with Gasteiger partial charge in [-0.15, -0.1) is 0 Å². The molecule has 35 heavy (non-hydrogen) atoms. The SMILES string of the molecule is COC(=O)c1ccc(CN2CC(=O)N3[C@@H](CO)[C@@H](c4ccc(-c5ccccc5F)cc4)[C@@H]3C2)cc1. The highest BCUT2D eigenvalue weighted by atomic mass is 19.1. The van der Waals surface area contributed by atoms with Crippen LogP contribution in [-0.4, -0.2) is 65.7 Å². The molecule has 0 bridgehead atoms. The van der Waals surface area contributed by atoms with Gasteiger partial charge in [-0.2, -0.15) is 0 Å². The van der Waals surface area contributed by atoms with Crippen molar-refractivity contribution in [3.63, 3.8) is 0 Å². The number of carbonyl (C=O) groups excluding carboxylic acids is 2. The Labute approximate surface area is 203 Å². The van der Waals surface area contributed by atoms with Crippen LogP contribution in [0.15, 0.2) is 72.8 Å². The molecule has 7 heteroatoms. The third kappa shape index (κ3) is 4.33. The van der Waals surface area contributed by atoms with Gasteiger partial charge in [0.2, 0.25) is 5.91 Å². The van der Waals surface area contributed by atoms with E-state index in [0.717, 1.165) is 16.7 Å². The molecular formula is C28H27FN2O4. The lowest BCUT2D eigenvalue weighted by Gasteiger charge is -2.59. The number of aliphatic hydroxyl groups excluding tert-OH is 1. The number of methoxy groups -OCH3 is 1. The first-order valence-corrected chi connectivity index (χ1v) is 11.7. The maximum Gasteiger partial charge on any atom is 0.337 e. The summed E-state index contributed by atoms with van der Waals surface area (Å²) in [6, 6.07) is 21.3. The second kappa shape index (κ2) is 9.60. The van der Waals surface area contributed by atoms with E-state index in [1.807, 2.05) is 47.4 Å². The number of halogens is 1. The number of hydrogen-bond donors (Lipinski definition) is 1. The Morgan fingerprint density at radius 3 is 2.43 bits per heavy atom. The highest BCUT2D eigenvalue weighted by Crippen LogP contribution is 2.43. The fraction of sp³-hybridized carbons (Fsp3) is 0.286. The van der Waals surface area contributed by atoms with Gasteiger partial charge >= 0.3 is 5.97 Å². The Kier molecular flexibility index (Phi) is 6.36. The van der Waals surface area contributed by atoms with Crippen LogP contribution in [0.25, 0.3) is 11.1 Å². The Balaban J connectivity index is 1.32. The summed E-state index contributed by atoms with van der Waals surface area (Å²) in [6.45, 7) is 1.45. The molecule has 0 aliphatic carbocycles. The first-order valence-electron chi connectivity index (χ1n) is 11.7. The molecule has 0 radical (unpaired) electrons. The third-order valence-corrected chi connectivity index (χ3v) is 7.08. The summed E-state index contributed by atoms with van der Waals surface area (Å²) in [7, 11) is 1.35. The highest BCUT2D eigenvalue weighted by Gasteiger charge is 2.53. The normalized spacial score (nSPS) is 21.9. The van der Waals surface area contributed by atoms with Crippen molar-refractivity contribution in [2.45, 2.75) is 24.5 Å². The number of aliphatic hydroxyl groups is 1. The molecule has 0 saturated carbocycles. The maximum absolute atomic E-state index is 14.2. The predicted molar refractivity (Wildman–Crippen MR) is 129 cm³/mol. The zero-order valence-corrected chi connectivity index (χ0v) is 19.4. The van der Waals surface area contributed by atoms with Gasteiger partial charge in [0.25, 0.3) is 0 Å². The van der Waals surface area contributed by atoms with Crippen molar-refractivity contribution in [3.05, 3.63) is 95.3 Å². The molecule has 2 aliphatic rings. The quantitative estimate of drug-likeness (QED) is 0.555. The molecule has 0 spiro atoms. The molecule has 0 unspecified atom stereocenters. The third-order valence-electron chi connectivity index (χ3n) is 7.08. The van der Waals surface area contributed by atoms with Crippen LogP contribution >= 0.6 is 0 Å². The molecule has 180 valence electrons. The van der Waals surface area contributed by atoms with Crippen molar-refractivity contribution >= 4 is 11.9 Å². The molecule has 3 atom stereocenters. The summed E-state index contributed by atoms with van der Waals surface area (Å²) in [5, 5.41) is 10.0. The van der Waals surface area contributed by atoms with Crippen LogP contribution in [0.3, 0.4) is 0 Å². The Morgan fingerprint density at radius 1 is 1.06 bits per heavy atom. The number of ether oxygens (including phenoxy) is 1. The molecule has 1 amide bonds. The number of esters is 1. The van der Waals surface area contributed by atoms with Gasteiger partial charge in [-0.05, 0) is 34.9 Å². The summed E-state index contributed by atoms with van der Waals surface area (Å²) < 4.78 is 18.9. The number of nitrogens with zero attached hydrogens (tertiary/aromatic N) is 2. The second-order valence-electron chi connectivity index (χ2n) is 9.10. The van der Waals surface area contributed by atoms with Gasteiger partial charge in [0.15, 0.2) is 0 Å². The zero-order chi connectivity index (χ0) is 24.5. The first-order chi connectivity index (χ1) is 17.0. The number of amides is 1. The number of rotatable bonds is 6. The molecule has 1 N–H and O–H groups in total. The second-order valence-corrected chi connectivity index (χ2v) is 9.10. The van der Waals surface area contributed by atoms with Crippen LogP contribution in [0.1, 0.15) is 27.4 Å². The van der Waals surface area contributed by atoms with Crippen molar-refractivity contribution in [2.24, 2.45) is 0 Å². The van der Waals surface area contributed by atoms with Gasteiger partial charge in [0.05, 0.1) is 37.9 Å². The standard InChI is InChI=1S/C28H27FN2O4/c1-35-28(34)21-8-6-18(7-9-21)14-30-15-24-27(25(17-32)31(24)26(33)16-30)20-12-10-19(11-13-20)22-4-2-3-5-23(22)29/h2-13,24-25,27,32H,14-17H2,1H3/t24-,25-,27-/m0/s1. The highest BCUT2D eigenvalue weighted by molar-refractivity contribution is 5.89. The van der Waals surface area contributed by atoms with Crippen molar-refractivity contribution in [3.8, 4) is 11.1 Å². The number of carbonyl (C=O) groups is 2. The largest absolute Gasteiger partial charge is 0.465 e. The number of piperazine rings is 1. The summed E-state index contributed by atoms with van der Waals surface area (Å²) in [5.41, 5.74) is 3.86. The monoisotopic (exact) mass is 474 g/mol. The van der Waals surface area contributed by atoms with E-state index in [1.54, 1.807) is 24.3 Å². The molecule has 2 aliphatic heterocycles. The molecule has 3 aromatic carbocycles. The predicted octanol–water partition coefficient (Wildman–Crippen LogP) is 3.45. The minimum absolute atomic E-state index is 0.00289. The topological polar surface area (TPSA) is 70.1 Å². The van der Waals surface area contributed by atoms with Crippen molar-refractivity contribution in [1.82, 2.24) is 9.80 Å². The van der Waals surface area contributed by atoms with E-state index in [-0.39, 0.29) is 48.8 Å². The van der Waals surface area contributed by atoms with E-state index in [1.165, 1.54) is 13.2 Å². The van der Waals surface area contributed by atoms with Gasteiger partial charge in [-0.3, -0.25) is 9.69 Å². The lowest BCUT2D eigenvalue weighted by molar-refractivity contribution is -0.162. The van der Waals surface area contributed by atoms with Crippen molar-refractivity contribution in [1.29, 1.82) is 0 Å². The van der Waals surface area contributed by atoms with Crippen LogP contribution < -0.4 is 0 Å². The maximum atomic E-state index is 14.2. The lowest BCUT2D eigenvalue weighted by atomic mass is 9.73. The Bertz CT molecular complexity index is 1230. The van der Waals surface area contributed by atoms with E-state index in [2.05, 4.69) is 4.90 Å². The lowest BCUT2D eigenvalue weighted by Crippen LogP contribution is -2.72. The smallest absolute Gasteiger partial charge is 0.337 e.